The quantitative estimate of drug-likeness (QED) is 0.729. The van der Waals surface area contributed by atoms with Crippen molar-refractivity contribution in [3.63, 3.8) is 0 Å². The summed E-state index contributed by atoms with van der Waals surface area (Å²) >= 11 is 0. The first-order chi connectivity index (χ1) is 8.26. The largest absolute Gasteiger partial charge is 0.395 e. The topological polar surface area (TPSA) is 23.5 Å². The standard InChI is InChI=1S/C15H21NO/c1-3-7-14(2)12-16(10-11-17)13-15-8-5-4-6-9-15/h3-9,17H,2,10-13H2,1H3. The van der Waals surface area contributed by atoms with Crippen molar-refractivity contribution in [3.05, 3.63) is 60.2 Å². The Labute approximate surface area is 104 Å². The Morgan fingerprint density at radius 1 is 1.35 bits per heavy atom. The van der Waals surface area contributed by atoms with Gasteiger partial charge in [0.2, 0.25) is 0 Å². The molecule has 1 aromatic carbocycles. The molecule has 0 radical (unpaired) electrons. The molecule has 2 nitrogen and oxygen atoms in total. The number of nitrogens with zero attached hydrogens (tertiary/aromatic N) is 1. The molecule has 0 aliphatic carbocycles. The molecule has 17 heavy (non-hydrogen) atoms. The van der Waals surface area contributed by atoms with Crippen LogP contribution in [0.1, 0.15) is 12.5 Å². The summed E-state index contributed by atoms with van der Waals surface area (Å²) in [5, 5.41) is 9.07. The fraction of sp³-hybridized carbons (Fsp3) is 0.333. The molecular formula is C15H21NO. The lowest BCUT2D eigenvalue weighted by Crippen LogP contribution is -2.28. The van der Waals surface area contributed by atoms with E-state index in [0.29, 0.717) is 6.54 Å². The molecule has 0 spiro atoms. The normalized spacial score (nSPS) is 11.2. The Balaban J connectivity index is 2.57. The van der Waals surface area contributed by atoms with Crippen LogP contribution >= 0.6 is 0 Å². The van der Waals surface area contributed by atoms with E-state index in [-0.39, 0.29) is 6.61 Å². The summed E-state index contributed by atoms with van der Waals surface area (Å²) in [6, 6.07) is 10.3. The fourth-order valence-corrected chi connectivity index (χ4v) is 1.77. The third-order valence-electron chi connectivity index (χ3n) is 2.49. The monoisotopic (exact) mass is 231 g/mol. The van der Waals surface area contributed by atoms with Crippen molar-refractivity contribution in [1.82, 2.24) is 4.90 Å². The molecule has 1 N–H and O–H groups in total. The van der Waals surface area contributed by atoms with E-state index in [1.165, 1.54) is 5.56 Å². The maximum atomic E-state index is 9.07. The van der Waals surface area contributed by atoms with Crippen LogP contribution in [0.3, 0.4) is 0 Å². The minimum atomic E-state index is 0.177. The molecule has 0 aliphatic rings. The molecule has 0 heterocycles. The van der Waals surface area contributed by atoms with E-state index in [0.717, 1.165) is 18.7 Å². The van der Waals surface area contributed by atoms with Crippen molar-refractivity contribution in [2.75, 3.05) is 19.7 Å². The lowest BCUT2D eigenvalue weighted by Gasteiger charge is -2.21. The molecule has 0 aliphatic heterocycles. The molecule has 0 fully saturated rings. The highest BCUT2D eigenvalue weighted by molar-refractivity contribution is 5.18. The number of aliphatic hydroxyl groups is 1. The van der Waals surface area contributed by atoms with Gasteiger partial charge in [0.25, 0.3) is 0 Å². The van der Waals surface area contributed by atoms with Crippen molar-refractivity contribution >= 4 is 0 Å². The van der Waals surface area contributed by atoms with E-state index >= 15 is 0 Å². The lowest BCUT2D eigenvalue weighted by atomic mass is 10.2. The molecule has 0 atom stereocenters. The van der Waals surface area contributed by atoms with Gasteiger partial charge in [0.15, 0.2) is 0 Å². The molecular weight excluding hydrogens is 210 g/mol. The maximum Gasteiger partial charge on any atom is 0.0558 e. The van der Waals surface area contributed by atoms with Gasteiger partial charge in [0.1, 0.15) is 0 Å². The van der Waals surface area contributed by atoms with Crippen molar-refractivity contribution < 1.29 is 5.11 Å². The second-order valence-electron chi connectivity index (χ2n) is 4.08. The van der Waals surface area contributed by atoms with Crippen LogP contribution in [-0.4, -0.2) is 29.7 Å². The van der Waals surface area contributed by atoms with Gasteiger partial charge in [-0.3, -0.25) is 4.90 Å². The Kier molecular flexibility index (Phi) is 6.30. The van der Waals surface area contributed by atoms with E-state index < -0.39 is 0 Å². The second-order valence-corrected chi connectivity index (χ2v) is 4.08. The average Bonchev–Trinajstić information content (AvgIpc) is 2.31. The smallest absolute Gasteiger partial charge is 0.0558 e. The molecule has 0 saturated heterocycles. The van der Waals surface area contributed by atoms with Gasteiger partial charge < -0.3 is 5.11 Å². The van der Waals surface area contributed by atoms with Crippen LogP contribution in [-0.2, 0) is 6.54 Å². The van der Waals surface area contributed by atoms with Crippen molar-refractivity contribution in [3.8, 4) is 0 Å². The Bertz CT molecular complexity index is 356. The lowest BCUT2D eigenvalue weighted by molar-refractivity contribution is 0.201. The van der Waals surface area contributed by atoms with E-state index in [4.69, 9.17) is 5.11 Å². The minimum Gasteiger partial charge on any atom is -0.395 e. The highest BCUT2D eigenvalue weighted by Crippen LogP contribution is 2.06. The summed E-state index contributed by atoms with van der Waals surface area (Å²) in [5.74, 6) is 0. The molecule has 92 valence electrons. The zero-order valence-corrected chi connectivity index (χ0v) is 10.5. The summed E-state index contributed by atoms with van der Waals surface area (Å²) < 4.78 is 0. The van der Waals surface area contributed by atoms with Crippen molar-refractivity contribution in [2.24, 2.45) is 0 Å². The van der Waals surface area contributed by atoms with Gasteiger partial charge in [0, 0.05) is 19.6 Å². The van der Waals surface area contributed by atoms with E-state index in [1.807, 2.05) is 37.3 Å². The van der Waals surface area contributed by atoms with Crippen LogP contribution in [0.4, 0.5) is 0 Å². The predicted molar refractivity (Wildman–Crippen MR) is 72.8 cm³/mol. The third kappa shape index (κ3) is 5.48. The van der Waals surface area contributed by atoms with Gasteiger partial charge in [-0.1, -0.05) is 49.1 Å². The predicted octanol–water partition coefficient (Wildman–Crippen LogP) is 2.61. The molecule has 0 aromatic heterocycles. The van der Waals surface area contributed by atoms with Gasteiger partial charge in [-0.15, -0.1) is 0 Å². The van der Waals surface area contributed by atoms with E-state index in [1.54, 1.807) is 0 Å². The Morgan fingerprint density at radius 2 is 2.06 bits per heavy atom. The van der Waals surface area contributed by atoms with Crippen LogP contribution in [0.25, 0.3) is 0 Å². The zero-order chi connectivity index (χ0) is 12.5. The summed E-state index contributed by atoms with van der Waals surface area (Å²) in [6.07, 6.45) is 4.00. The Hall–Kier alpha value is -1.38. The average molecular weight is 231 g/mol. The first-order valence-corrected chi connectivity index (χ1v) is 5.94. The highest BCUT2D eigenvalue weighted by Gasteiger charge is 2.05. The second kappa shape index (κ2) is 7.82. The number of hydrogen-bond acceptors (Lipinski definition) is 2. The third-order valence-corrected chi connectivity index (χ3v) is 2.49. The molecule has 2 heteroatoms. The summed E-state index contributed by atoms with van der Waals surface area (Å²) in [5.41, 5.74) is 2.33. The van der Waals surface area contributed by atoms with Gasteiger partial charge in [-0.25, -0.2) is 0 Å². The fourth-order valence-electron chi connectivity index (χ4n) is 1.77. The van der Waals surface area contributed by atoms with Crippen LogP contribution in [0.2, 0.25) is 0 Å². The maximum absolute atomic E-state index is 9.07. The summed E-state index contributed by atoms with van der Waals surface area (Å²) in [6.45, 7) is 8.47. The zero-order valence-electron chi connectivity index (χ0n) is 10.5. The molecule has 0 saturated carbocycles. The number of aliphatic hydroxyl groups excluding tert-OH is 1. The van der Waals surface area contributed by atoms with Crippen LogP contribution in [0.15, 0.2) is 54.6 Å². The number of benzene rings is 1. The number of allylic oxidation sites excluding steroid dienone is 1. The van der Waals surface area contributed by atoms with E-state index in [9.17, 15) is 0 Å². The summed E-state index contributed by atoms with van der Waals surface area (Å²) in [7, 11) is 0. The SMILES string of the molecule is C=C(C=CC)CN(CCO)Cc1ccccc1. The molecule has 1 aromatic rings. The Morgan fingerprint density at radius 3 is 2.65 bits per heavy atom. The molecule has 1 rings (SSSR count). The minimum absolute atomic E-state index is 0.177. The number of hydrogen-bond donors (Lipinski definition) is 1. The summed E-state index contributed by atoms with van der Waals surface area (Å²) in [4.78, 5) is 2.19. The highest BCUT2D eigenvalue weighted by atomic mass is 16.3. The molecule has 0 bridgehead atoms. The van der Waals surface area contributed by atoms with Crippen molar-refractivity contribution in [2.45, 2.75) is 13.5 Å². The van der Waals surface area contributed by atoms with Crippen molar-refractivity contribution in [1.29, 1.82) is 0 Å². The van der Waals surface area contributed by atoms with Crippen LogP contribution in [0.5, 0.6) is 0 Å². The van der Waals surface area contributed by atoms with Crippen LogP contribution < -0.4 is 0 Å². The first kappa shape index (κ1) is 13.7. The van der Waals surface area contributed by atoms with Gasteiger partial charge in [-0.05, 0) is 18.1 Å². The van der Waals surface area contributed by atoms with Crippen LogP contribution in [0, 0.1) is 0 Å². The van der Waals surface area contributed by atoms with Gasteiger partial charge in [0.05, 0.1) is 6.61 Å². The van der Waals surface area contributed by atoms with Gasteiger partial charge >= 0.3 is 0 Å². The number of rotatable bonds is 7. The van der Waals surface area contributed by atoms with Gasteiger partial charge in [-0.2, -0.15) is 0 Å². The van der Waals surface area contributed by atoms with E-state index in [2.05, 4.69) is 23.6 Å². The molecule has 0 unspecified atom stereocenters. The first-order valence-electron chi connectivity index (χ1n) is 5.94. The molecule has 0 amide bonds.